The molecule has 2 fully saturated rings. The number of carbonyl (C=O) groups is 1. The second-order valence-corrected chi connectivity index (χ2v) is 10.00. The van der Waals surface area contributed by atoms with Gasteiger partial charge in [0, 0.05) is 29.7 Å². The zero-order valence-corrected chi connectivity index (χ0v) is 24.2. The Hall–Kier alpha value is -3.56. The van der Waals surface area contributed by atoms with Crippen molar-refractivity contribution in [1.82, 2.24) is 15.0 Å². The van der Waals surface area contributed by atoms with Crippen molar-refractivity contribution >= 4 is 52.6 Å². The molecular weight excluding hydrogens is 629 g/mol. The molecule has 3 aromatic rings. The van der Waals surface area contributed by atoms with Crippen molar-refractivity contribution in [3.8, 4) is 11.5 Å². The molecule has 2 aliphatic heterocycles. The third-order valence-electron chi connectivity index (χ3n) is 6.14. The van der Waals surface area contributed by atoms with E-state index in [1.54, 1.807) is 36.5 Å². The molecule has 3 heterocycles. The fourth-order valence-electron chi connectivity index (χ4n) is 4.12. The first-order chi connectivity index (χ1) is 19.6. The SMILES string of the molecule is CCOc1cc(C=NNc2nc(N3CCOCC3)nc(N3CCOCC3)n2)ccc1OC(=O)c1ccccc1I. The van der Waals surface area contributed by atoms with Gasteiger partial charge >= 0.3 is 5.97 Å². The van der Waals surface area contributed by atoms with Gasteiger partial charge in [-0.3, -0.25) is 0 Å². The molecule has 0 radical (unpaired) electrons. The van der Waals surface area contributed by atoms with Gasteiger partial charge in [0.2, 0.25) is 17.8 Å². The summed E-state index contributed by atoms with van der Waals surface area (Å²) in [6, 6.07) is 12.5. The first kappa shape index (κ1) is 28.0. The first-order valence-electron chi connectivity index (χ1n) is 13.0. The maximum Gasteiger partial charge on any atom is 0.344 e. The highest BCUT2D eigenvalue weighted by atomic mass is 127. The molecule has 0 spiro atoms. The Morgan fingerprint density at radius 3 is 2.25 bits per heavy atom. The lowest BCUT2D eigenvalue weighted by molar-refractivity contribution is 0.0727. The Morgan fingerprint density at radius 1 is 0.975 bits per heavy atom. The van der Waals surface area contributed by atoms with E-state index in [0.29, 0.717) is 94.1 Å². The number of anilines is 3. The van der Waals surface area contributed by atoms with Crippen LogP contribution >= 0.6 is 22.6 Å². The standard InChI is InChI=1S/C27H30IN7O5/c1-2-39-23-17-19(7-8-22(23)40-24(36)20-5-3-4-6-21(20)28)18-29-33-25-30-26(34-9-13-37-14-10-34)32-27(31-25)35-11-15-38-16-12-35/h3-8,17-18H,2,9-16H2,1H3,(H,30,31,32,33). The van der Waals surface area contributed by atoms with Gasteiger partial charge in [-0.2, -0.15) is 20.1 Å². The van der Waals surface area contributed by atoms with E-state index < -0.39 is 5.97 Å². The van der Waals surface area contributed by atoms with Gasteiger partial charge in [-0.1, -0.05) is 12.1 Å². The number of benzene rings is 2. The number of rotatable bonds is 9. The zero-order chi connectivity index (χ0) is 27.7. The number of nitrogens with one attached hydrogen (secondary N) is 1. The van der Waals surface area contributed by atoms with Crippen LogP contribution < -0.4 is 24.7 Å². The second kappa shape index (κ2) is 13.7. The lowest BCUT2D eigenvalue weighted by Gasteiger charge is -2.30. The molecule has 0 bridgehead atoms. The molecule has 1 N–H and O–H groups in total. The topological polar surface area (TPSA) is 124 Å². The average Bonchev–Trinajstić information content (AvgIpc) is 2.99. The summed E-state index contributed by atoms with van der Waals surface area (Å²) >= 11 is 2.11. The van der Waals surface area contributed by atoms with Crippen molar-refractivity contribution in [1.29, 1.82) is 0 Å². The number of esters is 1. The van der Waals surface area contributed by atoms with Gasteiger partial charge in [0.05, 0.1) is 44.8 Å². The van der Waals surface area contributed by atoms with Crippen molar-refractivity contribution < 1.29 is 23.7 Å². The Morgan fingerprint density at radius 2 is 1.62 bits per heavy atom. The predicted molar refractivity (Wildman–Crippen MR) is 159 cm³/mol. The number of nitrogens with zero attached hydrogens (tertiary/aromatic N) is 6. The molecule has 2 aromatic carbocycles. The van der Waals surface area contributed by atoms with Crippen LogP contribution in [0, 0.1) is 3.57 Å². The normalized spacial score (nSPS) is 15.8. The van der Waals surface area contributed by atoms with Crippen LogP contribution in [0.25, 0.3) is 0 Å². The van der Waals surface area contributed by atoms with E-state index in [1.807, 2.05) is 19.1 Å². The lowest BCUT2D eigenvalue weighted by atomic mass is 10.2. The third kappa shape index (κ3) is 7.14. The van der Waals surface area contributed by atoms with E-state index in [1.165, 1.54) is 0 Å². The number of carbonyl (C=O) groups excluding carboxylic acids is 1. The van der Waals surface area contributed by atoms with Crippen LogP contribution in [0.4, 0.5) is 17.8 Å². The summed E-state index contributed by atoms with van der Waals surface area (Å²) in [6.45, 7) is 7.58. The summed E-state index contributed by atoms with van der Waals surface area (Å²) in [5.41, 5.74) is 4.17. The predicted octanol–water partition coefficient (Wildman–Crippen LogP) is 3.21. The molecule has 0 atom stereocenters. The molecular formula is C27H30IN7O5. The van der Waals surface area contributed by atoms with Gasteiger partial charge in [0.15, 0.2) is 11.5 Å². The zero-order valence-electron chi connectivity index (χ0n) is 22.1. The number of halogens is 1. The maximum absolute atomic E-state index is 12.7. The average molecular weight is 659 g/mol. The van der Waals surface area contributed by atoms with Gasteiger partial charge < -0.3 is 28.7 Å². The summed E-state index contributed by atoms with van der Waals surface area (Å²) in [5, 5.41) is 4.36. The highest BCUT2D eigenvalue weighted by molar-refractivity contribution is 14.1. The number of hydrogen-bond donors (Lipinski definition) is 1. The molecule has 40 heavy (non-hydrogen) atoms. The summed E-state index contributed by atoms with van der Waals surface area (Å²) in [4.78, 5) is 30.8. The van der Waals surface area contributed by atoms with Gasteiger partial charge in [-0.25, -0.2) is 10.2 Å². The third-order valence-corrected chi connectivity index (χ3v) is 7.08. The summed E-state index contributed by atoms with van der Waals surface area (Å²) < 4.78 is 23.2. The van der Waals surface area contributed by atoms with Crippen LogP contribution in [0.5, 0.6) is 11.5 Å². The Bertz CT molecular complexity index is 1310. The minimum atomic E-state index is -0.448. The van der Waals surface area contributed by atoms with Crippen LogP contribution in [0.2, 0.25) is 0 Å². The number of morpholine rings is 2. The fraction of sp³-hybridized carbons (Fsp3) is 0.370. The molecule has 2 saturated heterocycles. The van der Waals surface area contributed by atoms with E-state index in [0.717, 1.165) is 9.13 Å². The Kier molecular flexibility index (Phi) is 9.57. The highest BCUT2D eigenvalue weighted by Crippen LogP contribution is 2.29. The molecule has 0 aliphatic carbocycles. The number of aromatic nitrogens is 3. The largest absolute Gasteiger partial charge is 0.490 e. The molecule has 1 aromatic heterocycles. The van der Waals surface area contributed by atoms with Crippen LogP contribution in [0.15, 0.2) is 47.6 Å². The number of hydrogen-bond acceptors (Lipinski definition) is 12. The highest BCUT2D eigenvalue weighted by Gasteiger charge is 2.21. The minimum Gasteiger partial charge on any atom is -0.490 e. The van der Waals surface area contributed by atoms with E-state index >= 15 is 0 Å². The van der Waals surface area contributed by atoms with E-state index in [-0.39, 0.29) is 0 Å². The molecule has 0 amide bonds. The van der Waals surface area contributed by atoms with E-state index in [2.05, 4.69) is 52.9 Å². The quantitative estimate of drug-likeness (QED) is 0.120. The van der Waals surface area contributed by atoms with Crippen molar-refractivity contribution in [2.75, 3.05) is 74.4 Å². The van der Waals surface area contributed by atoms with Crippen LogP contribution in [-0.4, -0.2) is 86.3 Å². The first-order valence-corrected chi connectivity index (χ1v) is 14.1. The van der Waals surface area contributed by atoms with Gasteiger partial charge in [-0.05, 0) is 65.4 Å². The maximum atomic E-state index is 12.7. The van der Waals surface area contributed by atoms with Crippen LogP contribution in [-0.2, 0) is 9.47 Å². The summed E-state index contributed by atoms with van der Waals surface area (Å²) in [7, 11) is 0. The van der Waals surface area contributed by atoms with Crippen molar-refractivity contribution in [3.63, 3.8) is 0 Å². The van der Waals surface area contributed by atoms with E-state index in [4.69, 9.17) is 23.9 Å². The molecule has 13 heteroatoms. The lowest BCUT2D eigenvalue weighted by Crippen LogP contribution is -2.40. The molecule has 2 aliphatic rings. The van der Waals surface area contributed by atoms with Gasteiger partial charge in [-0.15, -0.1) is 0 Å². The molecule has 5 rings (SSSR count). The Labute approximate surface area is 245 Å². The van der Waals surface area contributed by atoms with Crippen LogP contribution in [0.1, 0.15) is 22.8 Å². The molecule has 0 saturated carbocycles. The summed E-state index contributed by atoms with van der Waals surface area (Å²) in [6.07, 6.45) is 1.63. The Balaban J connectivity index is 1.32. The van der Waals surface area contributed by atoms with Crippen molar-refractivity contribution in [2.24, 2.45) is 5.10 Å². The molecule has 210 valence electrons. The molecule has 0 unspecified atom stereocenters. The molecule has 12 nitrogen and oxygen atoms in total. The van der Waals surface area contributed by atoms with Gasteiger partial charge in [0.25, 0.3) is 0 Å². The fourth-order valence-corrected chi connectivity index (χ4v) is 4.72. The second-order valence-electron chi connectivity index (χ2n) is 8.84. The van der Waals surface area contributed by atoms with Crippen molar-refractivity contribution in [2.45, 2.75) is 6.92 Å². The summed E-state index contributed by atoms with van der Waals surface area (Å²) in [5.74, 6) is 1.82. The smallest absolute Gasteiger partial charge is 0.344 e. The number of hydrazone groups is 1. The van der Waals surface area contributed by atoms with E-state index in [9.17, 15) is 4.79 Å². The minimum absolute atomic E-state index is 0.333. The monoisotopic (exact) mass is 659 g/mol. The van der Waals surface area contributed by atoms with Crippen molar-refractivity contribution in [3.05, 3.63) is 57.2 Å². The van der Waals surface area contributed by atoms with Gasteiger partial charge in [0.1, 0.15) is 0 Å². The van der Waals surface area contributed by atoms with Crippen LogP contribution in [0.3, 0.4) is 0 Å². The number of ether oxygens (including phenoxy) is 4.